The second-order valence-electron chi connectivity index (χ2n) is 8.14. The van der Waals surface area contributed by atoms with E-state index in [1.807, 2.05) is 0 Å². The lowest BCUT2D eigenvalue weighted by atomic mass is 9.88. The lowest BCUT2D eigenvalue weighted by molar-refractivity contribution is 0.117. The summed E-state index contributed by atoms with van der Waals surface area (Å²) >= 11 is 0. The second kappa shape index (κ2) is 7.95. The molecule has 0 aliphatic carbocycles. The average molecular weight is 291 g/mol. The van der Waals surface area contributed by atoms with Crippen molar-refractivity contribution in [1.29, 1.82) is 0 Å². The van der Waals surface area contributed by atoms with Gasteiger partial charge in [-0.3, -0.25) is 0 Å². The highest BCUT2D eigenvalue weighted by Crippen LogP contribution is 2.21. The van der Waals surface area contributed by atoms with Crippen LogP contribution in [-0.4, -0.2) is 18.7 Å². The molecule has 2 nitrogen and oxygen atoms in total. The molecule has 2 heteroatoms. The monoisotopic (exact) mass is 291 g/mol. The zero-order chi connectivity index (χ0) is 15.9. The van der Waals surface area contributed by atoms with E-state index in [9.17, 15) is 0 Å². The molecule has 0 unspecified atom stereocenters. The van der Waals surface area contributed by atoms with Gasteiger partial charge < -0.3 is 10.1 Å². The molecule has 0 radical (unpaired) electrons. The first kappa shape index (κ1) is 18.2. The van der Waals surface area contributed by atoms with E-state index < -0.39 is 0 Å². The molecule has 21 heavy (non-hydrogen) atoms. The highest BCUT2D eigenvalue weighted by molar-refractivity contribution is 5.23. The van der Waals surface area contributed by atoms with Crippen LogP contribution in [0.1, 0.15) is 59.1 Å². The maximum atomic E-state index is 5.78. The Balaban J connectivity index is 2.28. The Morgan fingerprint density at radius 1 is 1.00 bits per heavy atom. The van der Waals surface area contributed by atoms with Crippen LogP contribution in [0.25, 0.3) is 0 Å². The van der Waals surface area contributed by atoms with Crippen molar-refractivity contribution in [3.8, 4) is 0 Å². The fourth-order valence-electron chi connectivity index (χ4n) is 2.27. The van der Waals surface area contributed by atoms with Gasteiger partial charge in [0.05, 0.1) is 6.61 Å². The number of hydrogen-bond donors (Lipinski definition) is 1. The van der Waals surface area contributed by atoms with Crippen LogP contribution in [0, 0.1) is 5.41 Å². The van der Waals surface area contributed by atoms with Crippen LogP contribution in [0.2, 0.25) is 0 Å². The summed E-state index contributed by atoms with van der Waals surface area (Å²) in [6, 6.07) is 8.78. The Bertz CT molecular complexity index is 412. The Kier molecular flexibility index (Phi) is 6.89. The molecule has 0 fully saturated rings. The average Bonchev–Trinajstić information content (AvgIpc) is 2.30. The molecule has 1 rings (SSSR count). The predicted octanol–water partition coefficient (Wildman–Crippen LogP) is 4.57. The molecule has 0 aromatic heterocycles. The first-order chi connectivity index (χ1) is 9.66. The molecule has 0 saturated carbocycles. The van der Waals surface area contributed by atoms with Crippen molar-refractivity contribution in [3.05, 3.63) is 35.4 Å². The smallest absolute Gasteiger partial charge is 0.0716 e. The molecule has 0 aliphatic rings. The van der Waals surface area contributed by atoms with E-state index in [2.05, 4.69) is 71.1 Å². The molecule has 0 bridgehead atoms. The molecular weight excluding hydrogens is 258 g/mol. The van der Waals surface area contributed by atoms with Crippen molar-refractivity contribution in [2.75, 3.05) is 13.2 Å². The summed E-state index contributed by atoms with van der Waals surface area (Å²) < 4.78 is 5.78. The minimum absolute atomic E-state index is 0.196. The third-order valence-corrected chi connectivity index (χ3v) is 3.12. The van der Waals surface area contributed by atoms with E-state index in [1.165, 1.54) is 11.1 Å². The summed E-state index contributed by atoms with van der Waals surface area (Å²) in [4.78, 5) is 0. The number of hydrogen-bond acceptors (Lipinski definition) is 2. The molecule has 0 atom stereocenters. The van der Waals surface area contributed by atoms with E-state index in [4.69, 9.17) is 4.74 Å². The standard InChI is InChI=1S/C19H33NO/c1-18(2,3)14-16-9-7-10-17(13-16)15-21-12-8-11-20-19(4,5)6/h7,9-10,13,20H,8,11-12,14-15H2,1-6H3. The quantitative estimate of drug-likeness (QED) is 0.743. The number of nitrogens with one attached hydrogen (secondary N) is 1. The third kappa shape index (κ3) is 9.65. The summed E-state index contributed by atoms with van der Waals surface area (Å²) in [7, 11) is 0. The summed E-state index contributed by atoms with van der Waals surface area (Å²) in [5.74, 6) is 0. The molecule has 0 amide bonds. The fourth-order valence-corrected chi connectivity index (χ4v) is 2.27. The van der Waals surface area contributed by atoms with Crippen LogP contribution < -0.4 is 5.32 Å². The van der Waals surface area contributed by atoms with Crippen molar-refractivity contribution in [3.63, 3.8) is 0 Å². The predicted molar refractivity (Wildman–Crippen MR) is 91.6 cm³/mol. The SMILES string of the molecule is CC(C)(C)Cc1cccc(COCCCNC(C)(C)C)c1. The van der Waals surface area contributed by atoms with Gasteiger partial charge in [0.1, 0.15) is 0 Å². The number of rotatable bonds is 7. The van der Waals surface area contributed by atoms with E-state index in [0.29, 0.717) is 12.0 Å². The van der Waals surface area contributed by atoms with Crippen LogP contribution in [0.4, 0.5) is 0 Å². The van der Waals surface area contributed by atoms with E-state index >= 15 is 0 Å². The second-order valence-corrected chi connectivity index (χ2v) is 8.14. The van der Waals surface area contributed by atoms with Gasteiger partial charge in [-0.1, -0.05) is 45.0 Å². The van der Waals surface area contributed by atoms with E-state index in [-0.39, 0.29) is 5.54 Å². The first-order valence-electron chi connectivity index (χ1n) is 8.06. The molecule has 0 spiro atoms. The van der Waals surface area contributed by atoms with Crippen molar-refractivity contribution in [1.82, 2.24) is 5.32 Å². The van der Waals surface area contributed by atoms with Gasteiger partial charge in [0.2, 0.25) is 0 Å². The summed E-state index contributed by atoms with van der Waals surface area (Å²) in [5.41, 5.74) is 3.21. The first-order valence-corrected chi connectivity index (χ1v) is 8.06. The van der Waals surface area contributed by atoms with Crippen molar-refractivity contribution < 1.29 is 4.74 Å². The highest BCUT2D eigenvalue weighted by Gasteiger charge is 2.11. The Morgan fingerprint density at radius 2 is 1.67 bits per heavy atom. The number of benzene rings is 1. The highest BCUT2D eigenvalue weighted by atomic mass is 16.5. The largest absolute Gasteiger partial charge is 0.377 e. The molecule has 0 aliphatic heterocycles. The maximum absolute atomic E-state index is 5.78. The van der Waals surface area contributed by atoms with Crippen LogP contribution in [-0.2, 0) is 17.8 Å². The minimum Gasteiger partial charge on any atom is -0.377 e. The van der Waals surface area contributed by atoms with Gasteiger partial charge >= 0.3 is 0 Å². The topological polar surface area (TPSA) is 21.3 Å². The zero-order valence-electron chi connectivity index (χ0n) is 14.8. The van der Waals surface area contributed by atoms with Crippen molar-refractivity contribution >= 4 is 0 Å². The van der Waals surface area contributed by atoms with Gasteiger partial charge in [0.25, 0.3) is 0 Å². The molecule has 1 aromatic carbocycles. The van der Waals surface area contributed by atoms with Gasteiger partial charge in [-0.15, -0.1) is 0 Å². The minimum atomic E-state index is 0.196. The lowest BCUT2D eigenvalue weighted by Crippen LogP contribution is -2.36. The molecular formula is C19H33NO. The Morgan fingerprint density at radius 3 is 2.29 bits per heavy atom. The van der Waals surface area contributed by atoms with Crippen LogP contribution in [0.3, 0.4) is 0 Å². The van der Waals surface area contributed by atoms with Gasteiger partial charge in [0.15, 0.2) is 0 Å². The molecule has 1 N–H and O–H groups in total. The maximum Gasteiger partial charge on any atom is 0.0716 e. The molecule has 120 valence electrons. The van der Waals surface area contributed by atoms with Gasteiger partial charge in [-0.25, -0.2) is 0 Å². The van der Waals surface area contributed by atoms with Gasteiger partial charge in [0, 0.05) is 12.1 Å². The summed E-state index contributed by atoms with van der Waals surface area (Å²) in [6.07, 6.45) is 2.16. The lowest BCUT2D eigenvalue weighted by Gasteiger charge is -2.20. The van der Waals surface area contributed by atoms with Gasteiger partial charge in [-0.2, -0.15) is 0 Å². The molecule has 0 saturated heterocycles. The third-order valence-electron chi connectivity index (χ3n) is 3.12. The summed E-state index contributed by atoms with van der Waals surface area (Å²) in [6.45, 7) is 15.9. The molecule has 0 heterocycles. The van der Waals surface area contributed by atoms with Crippen LogP contribution >= 0.6 is 0 Å². The zero-order valence-corrected chi connectivity index (χ0v) is 14.8. The number of ether oxygens (including phenoxy) is 1. The summed E-state index contributed by atoms with van der Waals surface area (Å²) in [5, 5.41) is 3.48. The van der Waals surface area contributed by atoms with Crippen molar-refractivity contribution in [2.45, 2.75) is 66.5 Å². The van der Waals surface area contributed by atoms with Crippen molar-refractivity contribution in [2.24, 2.45) is 5.41 Å². The normalized spacial score (nSPS) is 12.7. The van der Waals surface area contributed by atoms with E-state index in [0.717, 1.165) is 26.0 Å². The molecule has 1 aromatic rings. The van der Waals surface area contributed by atoms with Crippen LogP contribution in [0.5, 0.6) is 0 Å². The Hall–Kier alpha value is -0.860. The van der Waals surface area contributed by atoms with Gasteiger partial charge in [-0.05, 0) is 56.7 Å². The Labute approximate surface area is 131 Å². The van der Waals surface area contributed by atoms with Crippen LogP contribution in [0.15, 0.2) is 24.3 Å². The fraction of sp³-hybridized carbons (Fsp3) is 0.684. The van der Waals surface area contributed by atoms with E-state index in [1.54, 1.807) is 0 Å².